The second-order valence-corrected chi connectivity index (χ2v) is 8.71. The van der Waals surface area contributed by atoms with Crippen LogP contribution in [0.25, 0.3) is 0 Å². The molecular weight excluding hydrogens is 426 g/mol. The number of imide groups is 1. The highest BCUT2D eigenvalue weighted by molar-refractivity contribution is 8.04. The highest BCUT2D eigenvalue weighted by Gasteiger charge is 2.44. The Balaban J connectivity index is 1.86. The summed E-state index contributed by atoms with van der Waals surface area (Å²) in [6.07, 6.45) is 2.56. The maximum atomic E-state index is 12.5. The number of aliphatic hydroxyl groups is 4. The molecular formula is C21H31NO8S. The van der Waals surface area contributed by atoms with Gasteiger partial charge in [-0.1, -0.05) is 0 Å². The van der Waals surface area contributed by atoms with Crippen molar-refractivity contribution in [3.63, 3.8) is 0 Å². The number of carbonyl (C=O) groups excluding carboxylic acids is 2. The van der Waals surface area contributed by atoms with Gasteiger partial charge in [0.15, 0.2) is 6.29 Å². The van der Waals surface area contributed by atoms with Gasteiger partial charge in [-0.2, -0.15) is 0 Å². The van der Waals surface area contributed by atoms with Crippen molar-refractivity contribution in [2.24, 2.45) is 0 Å². The molecule has 0 saturated carbocycles. The Kier molecular flexibility index (Phi) is 10.4. The number of amides is 2. The minimum absolute atomic E-state index is 0.0776. The molecule has 31 heavy (non-hydrogen) atoms. The fourth-order valence-electron chi connectivity index (χ4n) is 3.24. The highest BCUT2D eigenvalue weighted by atomic mass is 32.2. The van der Waals surface area contributed by atoms with Gasteiger partial charge < -0.3 is 29.9 Å². The second-order valence-electron chi connectivity index (χ2n) is 7.65. The first kappa shape index (κ1) is 25.8. The largest absolute Gasteiger partial charge is 0.393 e. The maximum Gasteiger partial charge on any atom is 0.267 e. The second kappa shape index (κ2) is 12.6. The minimum atomic E-state index is -1.48. The zero-order valence-electron chi connectivity index (χ0n) is 17.6. The monoisotopic (exact) mass is 457 g/mol. The third-order valence-electron chi connectivity index (χ3n) is 5.05. The molecule has 2 heterocycles. The third-order valence-corrected chi connectivity index (χ3v) is 6.15. The first-order valence-corrected chi connectivity index (χ1v) is 11.4. The number of aliphatic hydroxyl groups excluding tert-OH is 4. The van der Waals surface area contributed by atoms with Crippen molar-refractivity contribution in [2.75, 3.05) is 18.9 Å². The summed E-state index contributed by atoms with van der Waals surface area (Å²) in [5, 5.41) is 39.8. The van der Waals surface area contributed by atoms with Crippen molar-refractivity contribution in [2.45, 2.75) is 75.8 Å². The molecule has 4 N–H and O–H groups in total. The number of unbranched alkanes of at least 4 members (excludes halogenated alkanes) is 2. The Morgan fingerprint density at radius 2 is 1.97 bits per heavy atom. The van der Waals surface area contributed by atoms with Gasteiger partial charge in [0.25, 0.3) is 11.8 Å². The number of ether oxygens (including phenoxy) is 2. The minimum Gasteiger partial charge on any atom is -0.393 e. The molecule has 0 aliphatic carbocycles. The summed E-state index contributed by atoms with van der Waals surface area (Å²) in [6, 6.07) is 0. The molecule has 0 aromatic carbocycles. The van der Waals surface area contributed by atoms with Crippen LogP contribution >= 0.6 is 11.8 Å². The molecule has 0 radical (unpaired) electrons. The van der Waals surface area contributed by atoms with E-state index in [0.29, 0.717) is 25.7 Å². The van der Waals surface area contributed by atoms with Gasteiger partial charge in [-0.3, -0.25) is 14.5 Å². The fourth-order valence-corrected chi connectivity index (χ4v) is 4.28. The van der Waals surface area contributed by atoms with Crippen LogP contribution in [0.3, 0.4) is 0 Å². The van der Waals surface area contributed by atoms with Crippen LogP contribution in [-0.2, 0) is 19.1 Å². The van der Waals surface area contributed by atoms with Gasteiger partial charge in [0, 0.05) is 31.4 Å². The van der Waals surface area contributed by atoms with Crippen molar-refractivity contribution < 1.29 is 39.5 Å². The summed E-state index contributed by atoms with van der Waals surface area (Å²) in [7, 11) is 0. The molecule has 0 aromatic heterocycles. The van der Waals surface area contributed by atoms with E-state index in [2.05, 4.69) is 5.92 Å². The first-order chi connectivity index (χ1) is 14.8. The number of nitrogens with zero attached hydrogens (tertiary/aromatic N) is 1. The van der Waals surface area contributed by atoms with Crippen molar-refractivity contribution >= 4 is 23.6 Å². The molecule has 6 unspecified atom stereocenters. The zero-order chi connectivity index (χ0) is 23.0. The maximum absolute atomic E-state index is 12.5. The third kappa shape index (κ3) is 7.29. The molecule has 9 nitrogen and oxygen atoms in total. The number of hydrogen-bond donors (Lipinski definition) is 4. The van der Waals surface area contributed by atoms with Gasteiger partial charge in [0.05, 0.1) is 17.1 Å². The molecule has 2 amide bonds. The number of terminal acetylenes is 1. The van der Waals surface area contributed by atoms with Crippen LogP contribution in [0, 0.1) is 12.3 Å². The molecule has 174 valence electrons. The fraction of sp³-hybridized carbons (Fsp3) is 0.714. The SMILES string of the molecule is C#CCCCCN1C(=O)C=C(SCC2OC(OCCCC(C)O)C(O)C(O)C2O)C1=O. The summed E-state index contributed by atoms with van der Waals surface area (Å²) in [4.78, 5) is 26.0. The van der Waals surface area contributed by atoms with E-state index in [1.54, 1.807) is 6.92 Å². The van der Waals surface area contributed by atoms with Crippen LogP contribution in [0.1, 0.15) is 39.0 Å². The van der Waals surface area contributed by atoms with E-state index in [-0.39, 0.29) is 23.8 Å². The molecule has 1 saturated heterocycles. The molecule has 0 bridgehead atoms. The molecule has 10 heteroatoms. The van der Waals surface area contributed by atoms with Gasteiger partial charge in [0.2, 0.25) is 0 Å². The lowest BCUT2D eigenvalue weighted by Gasteiger charge is -2.40. The van der Waals surface area contributed by atoms with Crippen LogP contribution in [0.4, 0.5) is 0 Å². The van der Waals surface area contributed by atoms with Gasteiger partial charge in [-0.05, 0) is 32.6 Å². The first-order valence-electron chi connectivity index (χ1n) is 10.4. The van der Waals surface area contributed by atoms with Crippen LogP contribution in [0.15, 0.2) is 11.0 Å². The highest BCUT2D eigenvalue weighted by Crippen LogP contribution is 2.30. The number of thioether (sulfide) groups is 1. The topological polar surface area (TPSA) is 137 Å². The molecule has 1 fully saturated rings. The Hall–Kier alpha value is -1.45. The lowest BCUT2D eigenvalue weighted by molar-refractivity contribution is -0.292. The van der Waals surface area contributed by atoms with Gasteiger partial charge in [-0.25, -0.2) is 0 Å². The van der Waals surface area contributed by atoms with E-state index < -0.39 is 48.6 Å². The Bertz CT molecular complexity index is 691. The lowest BCUT2D eigenvalue weighted by atomic mass is 10.00. The van der Waals surface area contributed by atoms with E-state index in [0.717, 1.165) is 23.1 Å². The predicted octanol–water partition coefficient (Wildman–Crippen LogP) is -0.239. The number of carbonyl (C=O) groups is 2. The van der Waals surface area contributed by atoms with Gasteiger partial charge in [-0.15, -0.1) is 24.1 Å². The molecule has 2 rings (SSSR count). The standard InChI is InChI=1S/C21H31NO8S/c1-3-4-5-6-9-22-16(24)11-15(20(22)28)31-12-14-17(25)18(26)19(27)21(30-14)29-10-7-8-13(2)23/h1,11,13-14,17-19,21,23,25-27H,4-10,12H2,2H3. The summed E-state index contributed by atoms with van der Waals surface area (Å²) in [5.74, 6) is 1.79. The number of hydrogen-bond acceptors (Lipinski definition) is 9. The average Bonchev–Trinajstić information content (AvgIpc) is 3.00. The molecule has 0 aromatic rings. The van der Waals surface area contributed by atoms with Crippen LogP contribution < -0.4 is 0 Å². The Morgan fingerprint density at radius 3 is 2.65 bits per heavy atom. The van der Waals surface area contributed by atoms with E-state index in [1.165, 1.54) is 6.08 Å². The summed E-state index contributed by atoms with van der Waals surface area (Å²) in [6.45, 7) is 2.14. The molecule has 2 aliphatic heterocycles. The van der Waals surface area contributed by atoms with Crippen molar-refractivity contribution in [1.29, 1.82) is 0 Å². The van der Waals surface area contributed by atoms with E-state index in [1.807, 2.05) is 0 Å². The molecule has 2 aliphatic rings. The zero-order valence-corrected chi connectivity index (χ0v) is 18.4. The average molecular weight is 458 g/mol. The quantitative estimate of drug-likeness (QED) is 0.178. The van der Waals surface area contributed by atoms with Crippen molar-refractivity contribution in [1.82, 2.24) is 4.90 Å². The normalized spacial score (nSPS) is 29.7. The summed E-state index contributed by atoms with van der Waals surface area (Å²) in [5.41, 5.74) is 0. The lowest BCUT2D eigenvalue weighted by Crippen LogP contribution is -2.59. The van der Waals surface area contributed by atoms with E-state index in [4.69, 9.17) is 15.9 Å². The van der Waals surface area contributed by atoms with Gasteiger partial charge in [0.1, 0.15) is 18.3 Å². The summed E-state index contributed by atoms with van der Waals surface area (Å²) >= 11 is 1.04. The smallest absolute Gasteiger partial charge is 0.267 e. The van der Waals surface area contributed by atoms with E-state index >= 15 is 0 Å². The van der Waals surface area contributed by atoms with E-state index in [9.17, 15) is 30.0 Å². The van der Waals surface area contributed by atoms with Crippen LogP contribution in [0.5, 0.6) is 0 Å². The van der Waals surface area contributed by atoms with Crippen molar-refractivity contribution in [3.8, 4) is 12.3 Å². The van der Waals surface area contributed by atoms with Crippen LogP contribution in [0.2, 0.25) is 0 Å². The number of rotatable bonds is 12. The Morgan fingerprint density at radius 1 is 1.23 bits per heavy atom. The van der Waals surface area contributed by atoms with Crippen molar-refractivity contribution in [3.05, 3.63) is 11.0 Å². The van der Waals surface area contributed by atoms with Crippen LogP contribution in [-0.4, -0.2) is 92.9 Å². The molecule has 0 spiro atoms. The predicted molar refractivity (Wildman–Crippen MR) is 113 cm³/mol. The Labute approximate surface area is 186 Å². The molecule has 6 atom stereocenters. The van der Waals surface area contributed by atoms with Gasteiger partial charge >= 0.3 is 0 Å². The summed E-state index contributed by atoms with van der Waals surface area (Å²) < 4.78 is 11.1.